The molecule has 1 rings (SSSR count). The molecule has 0 saturated heterocycles. The Morgan fingerprint density at radius 1 is 1.25 bits per heavy atom. The Labute approximate surface area is 120 Å². The molecule has 114 valence electrons. The van der Waals surface area contributed by atoms with E-state index in [2.05, 4.69) is 5.43 Å². The summed E-state index contributed by atoms with van der Waals surface area (Å²) in [5.74, 6) is 6.74. The summed E-state index contributed by atoms with van der Waals surface area (Å²) in [5.41, 5.74) is 3.21. The van der Waals surface area contributed by atoms with Gasteiger partial charge in [0.2, 0.25) is 0 Å². The lowest BCUT2D eigenvalue weighted by atomic mass is 9.94. The fourth-order valence-corrected chi connectivity index (χ4v) is 2.57. The average molecular weight is 302 g/mol. The Hall–Kier alpha value is -1.31. The zero-order valence-corrected chi connectivity index (χ0v) is 13.2. The molecule has 0 bridgehead atoms. The van der Waals surface area contributed by atoms with Gasteiger partial charge < -0.3 is 9.47 Å². The molecule has 20 heavy (non-hydrogen) atoms. The molecule has 0 fully saturated rings. The van der Waals surface area contributed by atoms with Gasteiger partial charge in [0.05, 0.1) is 25.0 Å². The highest BCUT2D eigenvalue weighted by molar-refractivity contribution is 7.92. The molecular weight excluding hydrogens is 280 g/mol. The SMILES string of the molecule is COc1ccc(OC)c(C(NN)C(C)(C)S(C)(=O)=O)c1. The van der Waals surface area contributed by atoms with E-state index in [1.54, 1.807) is 32.0 Å². The van der Waals surface area contributed by atoms with E-state index in [1.165, 1.54) is 20.5 Å². The van der Waals surface area contributed by atoms with E-state index in [4.69, 9.17) is 15.3 Å². The second kappa shape index (κ2) is 5.99. The van der Waals surface area contributed by atoms with E-state index in [0.717, 1.165) is 0 Å². The van der Waals surface area contributed by atoms with Gasteiger partial charge >= 0.3 is 0 Å². The zero-order valence-electron chi connectivity index (χ0n) is 12.4. The summed E-state index contributed by atoms with van der Waals surface area (Å²) in [4.78, 5) is 0. The summed E-state index contributed by atoms with van der Waals surface area (Å²) in [6.07, 6.45) is 1.18. The topological polar surface area (TPSA) is 90.7 Å². The molecule has 0 aliphatic heterocycles. The van der Waals surface area contributed by atoms with Crippen LogP contribution in [0.5, 0.6) is 11.5 Å². The standard InChI is InChI=1S/C13H22N2O4S/c1-13(2,20(5,16)17)12(15-14)10-8-9(18-3)6-7-11(10)19-4/h6-8,12,15H,14H2,1-5H3. The van der Waals surface area contributed by atoms with E-state index < -0.39 is 20.6 Å². The highest BCUT2D eigenvalue weighted by Gasteiger charge is 2.40. The summed E-state index contributed by atoms with van der Waals surface area (Å²) in [7, 11) is -0.285. The highest BCUT2D eigenvalue weighted by Crippen LogP contribution is 2.38. The number of benzene rings is 1. The quantitative estimate of drug-likeness (QED) is 0.602. The number of nitrogens with one attached hydrogen (secondary N) is 1. The number of hydrogen-bond donors (Lipinski definition) is 2. The molecule has 0 spiro atoms. The van der Waals surface area contributed by atoms with Gasteiger partial charge in [0, 0.05) is 11.8 Å². The van der Waals surface area contributed by atoms with Crippen LogP contribution in [0.4, 0.5) is 0 Å². The van der Waals surface area contributed by atoms with E-state index in [0.29, 0.717) is 17.1 Å². The number of rotatable bonds is 6. The third-order valence-electron chi connectivity index (χ3n) is 3.57. The van der Waals surface area contributed by atoms with Crippen molar-refractivity contribution in [1.82, 2.24) is 5.43 Å². The molecule has 3 N–H and O–H groups in total. The highest BCUT2D eigenvalue weighted by atomic mass is 32.2. The molecule has 0 aliphatic rings. The molecular formula is C13H22N2O4S. The number of hydrogen-bond acceptors (Lipinski definition) is 6. The zero-order chi connectivity index (χ0) is 15.6. The van der Waals surface area contributed by atoms with E-state index in [1.807, 2.05) is 0 Å². The molecule has 0 saturated carbocycles. The lowest BCUT2D eigenvalue weighted by molar-refractivity contribution is 0.372. The minimum Gasteiger partial charge on any atom is -0.497 e. The van der Waals surface area contributed by atoms with Crippen molar-refractivity contribution in [2.24, 2.45) is 5.84 Å². The van der Waals surface area contributed by atoms with Crippen LogP contribution < -0.4 is 20.7 Å². The van der Waals surface area contributed by atoms with Crippen molar-refractivity contribution in [3.63, 3.8) is 0 Å². The Balaban J connectivity index is 3.45. The molecule has 6 nitrogen and oxygen atoms in total. The summed E-state index contributed by atoms with van der Waals surface area (Å²) >= 11 is 0. The van der Waals surface area contributed by atoms with Crippen LogP contribution in [0, 0.1) is 0 Å². The maximum absolute atomic E-state index is 12.0. The number of ether oxygens (including phenoxy) is 2. The number of methoxy groups -OCH3 is 2. The Bertz CT molecular complexity index is 570. The van der Waals surface area contributed by atoms with E-state index in [9.17, 15) is 8.42 Å². The second-order valence-electron chi connectivity index (χ2n) is 5.08. The molecule has 0 aliphatic carbocycles. The van der Waals surface area contributed by atoms with Crippen LogP contribution in [-0.2, 0) is 9.84 Å². The van der Waals surface area contributed by atoms with Gasteiger partial charge in [0.25, 0.3) is 0 Å². The lowest BCUT2D eigenvalue weighted by Gasteiger charge is -2.33. The summed E-state index contributed by atoms with van der Waals surface area (Å²) < 4.78 is 33.4. The fourth-order valence-electron chi connectivity index (χ4n) is 1.94. The molecule has 1 atom stereocenters. The van der Waals surface area contributed by atoms with E-state index >= 15 is 0 Å². The molecule has 1 aromatic carbocycles. The van der Waals surface area contributed by atoms with Crippen LogP contribution in [0.3, 0.4) is 0 Å². The Kier molecular flexibility index (Phi) is 5.01. The van der Waals surface area contributed by atoms with Crippen molar-refractivity contribution in [3.8, 4) is 11.5 Å². The number of nitrogens with two attached hydrogens (primary N) is 1. The first kappa shape index (κ1) is 16.7. The normalized spacial score (nSPS) is 13.9. The third-order valence-corrected chi connectivity index (χ3v) is 5.71. The van der Waals surface area contributed by atoms with Crippen LogP contribution in [-0.4, -0.2) is 33.6 Å². The van der Waals surface area contributed by atoms with Crippen molar-refractivity contribution < 1.29 is 17.9 Å². The van der Waals surface area contributed by atoms with Gasteiger partial charge in [-0.2, -0.15) is 0 Å². The lowest BCUT2D eigenvalue weighted by Crippen LogP contribution is -2.47. The van der Waals surface area contributed by atoms with Crippen LogP contribution >= 0.6 is 0 Å². The van der Waals surface area contributed by atoms with Gasteiger partial charge in [0.1, 0.15) is 11.5 Å². The van der Waals surface area contributed by atoms with Gasteiger partial charge in [0.15, 0.2) is 9.84 Å². The number of hydrazine groups is 1. The van der Waals surface area contributed by atoms with Crippen LogP contribution in [0.25, 0.3) is 0 Å². The van der Waals surface area contributed by atoms with Gasteiger partial charge in [-0.05, 0) is 32.0 Å². The molecule has 0 radical (unpaired) electrons. The summed E-state index contributed by atoms with van der Waals surface area (Å²) in [6.45, 7) is 3.23. The molecule has 0 aromatic heterocycles. The molecule has 0 heterocycles. The third kappa shape index (κ3) is 3.05. The molecule has 0 amide bonds. The van der Waals surface area contributed by atoms with Crippen LogP contribution in [0.15, 0.2) is 18.2 Å². The van der Waals surface area contributed by atoms with Crippen molar-refractivity contribution in [2.45, 2.75) is 24.6 Å². The van der Waals surface area contributed by atoms with Gasteiger partial charge in [-0.15, -0.1) is 0 Å². The fraction of sp³-hybridized carbons (Fsp3) is 0.538. The largest absolute Gasteiger partial charge is 0.497 e. The Morgan fingerprint density at radius 2 is 1.85 bits per heavy atom. The first-order valence-corrected chi connectivity index (χ1v) is 7.95. The predicted octanol–water partition coefficient (Wildman–Crippen LogP) is 1.03. The Morgan fingerprint density at radius 3 is 2.25 bits per heavy atom. The van der Waals surface area contributed by atoms with Gasteiger partial charge in [-0.3, -0.25) is 11.3 Å². The minimum absolute atomic E-state index is 0.547. The van der Waals surface area contributed by atoms with Crippen molar-refractivity contribution in [3.05, 3.63) is 23.8 Å². The van der Waals surface area contributed by atoms with Crippen LogP contribution in [0.1, 0.15) is 25.5 Å². The van der Waals surface area contributed by atoms with Gasteiger partial charge in [-0.25, -0.2) is 8.42 Å². The monoisotopic (exact) mass is 302 g/mol. The summed E-state index contributed by atoms with van der Waals surface area (Å²) in [5, 5.41) is 0. The van der Waals surface area contributed by atoms with Crippen molar-refractivity contribution in [2.75, 3.05) is 20.5 Å². The molecule has 1 unspecified atom stereocenters. The van der Waals surface area contributed by atoms with Crippen LogP contribution in [0.2, 0.25) is 0 Å². The first-order valence-electron chi connectivity index (χ1n) is 6.06. The molecule has 7 heteroatoms. The second-order valence-corrected chi connectivity index (χ2v) is 7.68. The van der Waals surface area contributed by atoms with Crippen molar-refractivity contribution in [1.29, 1.82) is 0 Å². The maximum Gasteiger partial charge on any atom is 0.154 e. The summed E-state index contributed by atoms with van der Waals surface area (Å²) in [6, 6.07) is 4.54. The van der Waals surface area contributed by atoms with Crippen molar-refractivity contribution >= 4 is 9.84 Å². The molecule has 1 aromatic rings. The predicted molar refractivity (Wildman–Crippen MR) is 78.5 cm³/mol. The number of sulfone groups is 1. The average Bonchev–Trinajstić information content (AvgIpc) is 2.37. The van der Waals surface area contributed by atoms with E-state index in [-0.39, 0.29) is 0 Å². The smallest absolute Gasteiger partial charge is 0.154 e. The first-order chi connectivity index (χ1) is 9.18. The van der Waals surface area contributed by atoms with Gasteiger partial charge in [-0.1, -0.05) is 0 Å². The maximum atomic E-state index is 12.0. The minimum atomic E-state index is -3.35.